The lowest BCUT2D eigenvalue weighted by atomic mass is 9.99. The van der Waals surface area contributed by atoms with Crippen molar-refractivity contribution in [1.29, 1.82) is 0 Å². The largest absolute Gasteiger partial charge is 0.371 e. The van der Waals surface area contributed by atoms with Crippen molar-refractivity contribution >= 4 is 23.4 Å². The maximum atomic E-state index is 12.3. The number of anilines is 1. The van der Waals surface area contributed by atoms with Gasteiger partial charge in [-0.1, -0.05) is 36.8 Å². The van der Waals surface area contributed by atoms with Crippen LogP contribution in [0.15, 0.2) is 53.4 Å². The van der Waals surface area contributed by atoms with Crippen molar-refractivity contribution in [2.24, 2.45) is 5.92 Å². The van der Waals surface area contributed by atoms with Gasteiger partial charge in [0.15, 0.2) is 0 Å². The van der Waals surface area contributed by atoms with Crippen molar-refractivity contribution in [2.75, 3.05) is 23.7 Å². The van der Waals surface area contributed by atoms with Crippen LogP contribution in [-0.2, 0) is 4.79 Å². The van der Waals surface area contributed by atoms with Gasteiger partial charge in [0.25, 0.3) is 0 Å². The molecule has 1 amide bonds. The molecule has 3 rings (SSSR count). The number of nitrogens with one attached hydrogen (secondary N) is 1. The smallest absolute Gasteiger partial charge is 0.230 e. The average Bonchev–Trinajstić information content (AvgIpc) is 2.67. The quantitative estimate of drug-likeness (QED) is 0.697. The molecule has 4 heteroatoms. The molecule has 1 saturated heterocycles. The molecule has 3 nitrogen and oxygen atoms in total. The first-order valence-electron chi connectivity index (χ1n) is 9.85. The molecule has 1 N–H and O–H groups in total. The van der Waals surface area contributed by atoms with Crippen LogP contribution in [-0.4, -0.2) is 24.7 Å². The molecular weight excluding hydrogens is 352 g/mol. The summed E-state index contributed by atoms with van der Waals surface area (Å²) in [6.07, 6.45) is 2.60. The highest BCUT2D eigenvalue weighted by Gasteiger charge is 2.17. The van der Waals surface area contributed by atoms with E-state index in [1.54, 1.807) is 11.8 Å². The summed E-state index contributed by atoms with van der Waals surface area (Å²) in [5.74, 6) is 1.28. The fourth-order valence-electron chi connectivity index (χ4n) is 3.55. The van der Waals surface area contributed by atoms with Gasteiger partial charge in [0.1, 0.15) is 0 Å². The lowest BCUT2D eigenvalue weighted by molar-refractivity contribution is -0.119. The highest BCUT2D eigenvalue weighted by atomic mass is 32.2. The van der Waals surface area contributed by atoms with Crippen LogP contribution in [0.25, 0.3) is 0 Å². The van der Waals surface area contributed by atoms with E-state index < -0.39 is 0 Å². The van der Waals surface area contributed by atoms with Crippen molar-refractivity contribution in [3.8, 4) is 0 Å². The van der Waals surface area contributed by atoms with Gasteiger partial charge in [-0.2, -0.15) is 0 Å². The lowest BCUT2D eigenvalue weighted by Crippen LogP contribution is -2.34. The first-order chi connectivity index (χ1) is 13.0. The maximum Gasteiger partial charge on any atom is 0.230 e. The second kappa shape index (κ2) is 9.32. The number of amides is 1. The zero-order valence-corrected chi connectivity index (χ0v) is 17.4. The maximum absolute atomic E-state index is 12.3. The van der Waals surface area contributed by atoms with Crippen LogP contribution in [0.1, 0.15) is 43.9 Å². The fraction of sp³-hybridized carbons (Fsp3) is 0.435. The normalized spacial score (nSPS) is 18.2. The van der Waals surface area contributed by atoms with Crippen LogP contribution in [0.4, 0.5) is 5.69 Å². The van der Waals surface area contributed by atoms with E-state index in [4.69, 9.17) is 0 Å². The molecule has 1 heterocycles. The molecule has 0 aliphatic carbocycles. The first kappa shape index (κ1) is 19.8. The molecule has 27 heavy (non-hydrogen) atoms. The molecular formula is C23H30N2OS. The van der Waals surface area contributed by atoms with Crippen molar-refractivity contribution in [3.05, 3.63) is 59.7 Å². The van der Waals surface area contributed by atoms with E-state index in [-0.39, 0.29) is 11.9 Å². The number of carbonyl (C=O) groups is 1. The Hall–Kier alpha value is -1.94. The monoisotopic (exact) mass is 382 g/mol. The van der Waals surface area contributed by atoms with E-state index >= 15 is 0 Å². The van der Waals surface area contributed by atoms with Gasteiger partial charge in [-0.25, -0.2) is 0 Å². The van der Waals surface area contributed by atoms with E-state index in [0.29, 0.717) is 5.75 Å². The molecule has 2 aromatic carbocycles. The number of rotatable bonds is 6. The molecule has 0 bridgehead atoms. The molecule has 2 unspecified atom stereocenters. The number of nitrogens with zero attached hydrogens (tertiary/aromatic N) is 1. The Morgan fingerprint density at radius 2 is 1.89 bits per heavy atom. The number of thioether (sulfide) groups is 1. The van der Waals surface area contributed by atoms with Gasteiger partial charge in [0.2, 0.25) is 5.91 Å². The SMILES string of the molecule is Cc1ccc(SCC(=O)NC(C)c2ccc(N3CCCC(C)C3)cc2)cc1. The molecule has 0 aromatic heterocycles. The predicted octanol–water partition coefficient (Wildman–Crippen LogP) is 5.20. The number of hydrogen-bond donors (Lipinski definition) is 1. The van der Waals surface area contributed by atoms with E-state index in [9.17, 15) is 4.79 Å². The zero-order valence-electron chi connectivity index (χ0n) is 16.6. The summed E-state index contributed by atoms with van der Waals surface area (Å²) in [6, 6.07) is 17.0. The molecule has 1 aliphatic rings. The molecule has 144 valence electrons. The Bertz CT molecular complexity index is 742. The fourth-order valence-corrected chi connectivity index (χ4v) is 4.26. The van der Waals surface area contributed by atoms with Gasteiger partial charge in [-0.15, -0.1) is 11.8 Å². The molecule has 2 aromatic rings. The van der Waals surface area contributed by atoms with Crippen molar-refractivity contribution in [2.45, 2.75) is 44.6 Å². The first-order valence-corrected chi connectivity index (χ1v) is 10.8. The van der Waals surface area contributed by atoms with E-state index in [0.717, 1.165) is 29.5 Å². The minimum Gasteiger partial charge on any atom is -0.371 e. The van der Waals surface area contributed by atoms with E-state index in [2.05, 4.69) is 72.6 Å². The summed E-state index contributed by atoms with van der Waals surface area (Å²) >= 11 is 1.58. The molecule has 0 saturated carbocycles. The van der Waals surface area contributed by atoms with E-state index in [1.165, 1.54) is 24.1 Å². The second-order valence-corrected chi connectivity index (χ2v) is 8.72. The van der Waals surface area contributed by atoms with Crippen molar-refractivity contribution in [3.63, 3.8) is 0 Å². The van der Waals surface area contributed by atoms with E-state index in [1.807, 2.05) is 6.92 Å². The van der Waals surface area contributed by atoms with Gasteiger partial charge < -0.3 is 10.2 Å². The molecule has 2 atom stereocenters. The molecule has 1 aliphatic heterocycles. The summed E-state index contributed by atoms with van der Waals surface area (Å²) in [5, 5.41) is 3.11. The van der Waals surface area contributed by atoms with Crippen molar-refractivity contribution < 1.29 is 4.79 Å². The Kier molecular flexibility index (Phi) is 6.84. The predicted molar refractivity (Wildman–Crippen MR) is 116 cm³/mol. The third-order valence-corrected chi connectivity index (χ3v) is 6.20. The Labute approximate surface area is 167 Å². The van der Waals surface area contributed by atoms with Gasteiger partial charge >= 0.3 is 0 Å². The summed E-state index contributed by atoms with van der Waals surface area (Å²) < 4.78 is 0. The third-order valence-electron chi connectivity index (χ3n) is 5.18. The second-order valence-electron chi connectivity index (χ2n) is 7.68. The number of hydrogen-bond acceptors (Lipinski definition) is 3. The van der Waals surface area contributed by atoms with Crippen LogP contribution in [0.2, 0.25) is 0 Å². The van der Waals surface area contributed by atoms with Gasteiger partial charge in [0.05, 0.1) is 11.8 Å². The summed E-state index contributed by atoms with van der Waals surface area (Å²) in [4.78, 5) is 15.9. The van der Waals surface area contributed by atoms with Gasteiger partial charge in [-0.3, -0.25) is 4.79 Å². The van der Waals surface area contributed by atoms with Crippen LogP contribution < -0.4 is 10.2 Å². The molecule has 0 radical (unpaired) electrons. The summed E-state index contributed by atoms with van der Waals surface area (Å²) in [6.45, 7) is 8.73. The van der Waals surface area contributed by atoms with Crippen LogP contribution in [0, 0.1) is 12.8 Å². The zero-order chi connectivity index (χ0) is 19.2. The van der Waals surface area contributed by atoms with Gasteiger partial charge in [0, 0.05) is 23.7 Å². The number of aryl methyl sites for hydroxylation is 1. The third kappa shape index (κ3) is 5.77. The Morgan fingerprint density at radius 3 is 2.56 bits per heavy atom. The van der Waals surface area contributed by atoms with Crippen LogP contribution >= 0.6 is 11.8 Å². The summed E-state index contributed by atoms with van der Waals surface area (Å²) in [7, 11) is 0. The Balaban J connectivity index is 1.50. The minimum atomic E-state index is 0.0189. The standard InChI is InChI=1S/C23H30N2OS/c1-17-6-12-22(13-7-17)27-16-23(26)24-19(3)20-8-10-21(11-9-20)25-14-4-5-18(2)15-25/h6-13,18-19H,4-5,14-16H2,1-3H3,(H,24,26). The van der Waals surface area contributed by atoms with Crippen molar-refractivity contribution in [1.82, 2.24) is 5.32 Å². The average molecular weight is 383 g/mol. The molecule has 0 spiro atoms. The summed E-state index contributed by atoms with van der Waals surface area (Å²) in [5.41, 5.74) is 3.68. The minimum absolute atomic E-state index is 0.0189. The number of piperidine rings is 1. The molecule has 1 fully saturated rings. The van der Waals surface area contributed by atoms with Crippen LogP contribution in [0.3, 0.4) is 0 Å². The van der Waals surface area contributed by atoms with Gasteiger partial charge in [-0.05, 0) is 62.4 Å². The number of carbonyl (C=O) groups excluding carboxylic acids is 1. The highest BCUT2D eigenvalue weighted by molar-refractivity contribution is 8.00. The highest BCUT2D eigenvalue weighted by Crippen LogP contribution is 2.25. The Morgan fingerprint density at radius 1 is 1.19 bits per heavy atom. The van der Waals surface area contributed by atoms with Crippen LogP contribution in [0.5, 0.6) is 0 Å². The number of benzene rings is 2. The lowest BCUT2D eigenvalue weighted by Gasteiger charge is -2.33. The topological polar surface area (TPSA) is 32.3 Å².